The first kappa shape index (κ1) is 27.6. The lowest BCUT2D eigenvalue weighted by Crippen LogP contribution is -2.48. The van der Waals surface area contributed by atoms with Crippen LogP contribution in [0.5, 0.6) is 0 Å². The number of rotatable bonds is 9. The van der Waals surface area contributed by atoms with Crippen LogP contribution < -0.4 is 10.6 Å². The molecule has 1 heterocycles. The zero-order chi connectivity index (χ0) is 28.8. The summed E-state index contributed by atoms with van der Waals surface area (Å²) in [5, 5.41) is 8.03. The summed E-state index contributed by atoms with van der Waals surface area (Å²) in [6.45, 7) is 4.47. The fraction of sp³-hybridized carbons (Fsp3) is 0.206. The summed E-state index contributed by atoms with van der Waals surface area (Å²) in [5.74, 6) is -0.749. The van der Waals surface area contributed by atoms with E-state index in [4.69, 9.17) is 4.74 Å². The van der Waals surface area contributed by atoms with Gasteiger partial charge < -0.3 is 15.4 Å². The zero-order valence-electron chi connectivity index (χ0n) is 23.2. The van der Waals surface area contributed by atoms with Crippen LogP contribution >= 0.6 is 0 Å². The quantitative estimate of drug-likeness (QED) is 0.222. The highest BCUT2D eigenvalue weighted by atomic mass is 16.5. The summed E-state index contributed by atoms with van der Waals surface area (Å²) in [7, 11) is 0. The maximum Gasteiger partial charge on any atom is 0.338 e. The van der Waals surface area contributed by atoms with Crippen molar-refractivity contribution in [2.75, 3.05) is 18.5 Å². The van der Waals surface area contributed by atoms with Crippen LogP contribution in [0.25, 0.3) is 16.5 Å². The maximum atomic E-state index is 13.5. The van der Waals surface area contributed by atoms with E-state index in [1.165, 1.54) is 0 Å². The van der Waals surface area contributed by atoms with Crippen molar-refractivity contribution in [1.29, 1.82) is 0 Å². The van der Waals surface area contributed by atoms with Gasteiger partial charge in [-0.2, -0.15) is 0 Å². The molecule has 0 fully saturated rings. The Morgan fingerprint density at radius 3 is 2.39 bits per heavy atom. The molecule has 3 amide bonds. The lowest BCUT2D eigenvalue weighted by atomic mass is 9.91. The molecule has 1 aliphatic rings. The summed E-state index contributed by atoms with van der Waals surface area (Å²) in [6, 6.07) is 29.0. The lowest BCUT2D eigenvalue weighted by Gasteiger charge is -2.37. The summed E-state index contributed by atoms with van der Waals surface area (Å²) < 4.78 is 5.52. The normalized spacial score (nSPS) is 15.0. The molecule has 0 aromatic heterocycles. The van der Waals surface area contributed by atoms with Crippen molar-refractivity contribution in [3.8, 4) is 0 Å². The molecule has 1 aliphatic heterocycles. The van der Waals surface area contributed by atoms with Crippen LogP contribution in [0.4, 0.5) is 10.5 Å². The molecule has 0 aliphatic carbocycles. The highest BCUT2D eigenvalue weighted by Crippen LogP contribution is 2.37. The third-order valence-corrected chi connectivity index (χ3v) is 7.09. The molecule has 1 atom stereocenters. The van der Waals surface area contributed by atoms with Crippen LogP contribution in [-0.2, 0) is 9.53 Å². The minimum Gasteiger partial charge on any atom is -0.463 e. The van der Waals surface area contributed by atoms with Crippen molar-refractivity contribution < 1.29 is 19.1 Å². The second kappa shape index (κ2) is 12.5. The van der Waals surface area contributed by atoms with Gasteiger partial charge in [0.2, 0.25) is 0 Å². The van der Waals surface area contributed by atoms with E-state index in [1.54, 1.807) is 36.1 Å². The molecule has 0 spiro atoms. The van der Waals surface area contributed by atoms with Crippen LogP contribution in [0, 0.1) is 0 Å². The molecule has 5 rings (SSSR count). The van der Waals surface area contributed by atoms with Crippen LogP contribution in [0.15, 0.2) is 103 Å². The molecule has 1 unspecified atom stereocenters. The number of carbonyl (C=O) groups excluding carboxylic acids is 3. The van der Waals surface area contributed by atoms with Crippen molar-refractivity contribution in [3.05, 3.63) is 119 Å². The molecular formula is C34H33N3O4. The average molecular weight is 548 g/mol. The van der Waals surface area contributed by atoms with Gasteiger partial charge in [-0.25, -0.2) is 9.59 Å². The smallest absolute Gasteiger partial charge is 0.338 e. The fourth-order valence-electron chi connectivity index (χ4n) is 5.10. The second-order valence-electron chi connectivity index (χ2n) is 9.88. The van der Waals surface area contributed by atoms with E-state index in [0.717, 1.165) is 29.2 Å². The van der Waals surface area contributed by atoms with E-state index < -0.39 is 12.0 Å². The van der Waals surface area contributed by atoms with Crippen LogP contribution in [0.3, 0.4) is 0 Å². The van der Waals surface area contributed by atoms with Crippen LogP contribution in [0.2, 0.25) is 0 Å². The molecule has 0 radical (unpaired) electrons. The summed E-state index contributed by atoms with van der Waals surface area (Å²) in [6.07, 6.45) is 1.67. The van der Waals surface area contributed by atoms with E-state index >= 15 is 0 Å². The van der Waals surface area contributed by atoms with Gasteiger partial charge in [0, 0.05) is 17.8 Å². The van der Waals surface area contributed by atoms with E-state index in [2.05, 4.69) is 17.6 Å². The topological polar surface area (TPSA) is 87.7 Å². The van der Waals surface area contributed by atoms with Gasteiger partial charge in [0.25, 0.3) is 5.91 Å². The molecule has 0 saturated carbocycles. The van der Waals surface area contributed by atoms with Crippen molar-refractivity contribution in [2.45, 2.75) is 32.7 Å². The number of nitrogens with zero attached hydrogens (tertiary/aromatic N) is 1. The summed E-state index contributed by atoms with van der Waals surface area (Å²) in [4.78, 5) is 41.8. The predicted molar refractivity (Wildman–Crippen MR) is 161 cm³/mol. The van der Waals surface area contributed by atoms with Gasteiger partial charge in [0.05, 0.1) is 23.9 Å². The first-order valence-electron chi connectivity index (χ1n) is 13.9. The van der Waals surface area contributed by atoms with E-state index in [-0.39, 0.29) is 18.5 Å². The Kier molecular flexibility index (Phi) is 8.44. The molecule has 208 valence electrons. The number of hydrogen-bond donors (Lipinski definition) is 2. The first-order chi connectivity index (χ1) is 20.0. The highest BCUT2D eigenvalue weighted by Gasteiger charge is 2.38. The Morgan fingerprint density at radius 2 is 1.63 bits per heavy atom. The first-order valence-corrected chi connectivity index (χ1v) is 13.9. The standard InChI is InChI=1S/C34H33N3O4/c1-3-5-20-37-31(24-13-7-6-8-14-24)29(33(39)41-4-2)30(36-34(37)40)26-16-11-17-28(22-26)35-32(38)27-19-18-23-12-9-10-15-25(23)21-27/h6-19,21-22,30H,3-5,20H2,1-2H3,(H,35,38)(H,36,40). The van der Waals surface area contributed by atoms with Gasteiger partial charge in [-0.1, -0.05) is 86.1 Å². The third kappa shape index (κ3) is 5.99. The van der Waals surface area contributed by atoms with Gasteiger partial charge in [-0.15, -0.1) is 0 Å². The summed E-state index contributed by atoms with van der Waals surface area (Å²) >= 11 is 0. The van der Waals surface area contributed by atoms with Crippen molar-refractivity contribution in [2.24, 2.45) is 0 Å². The Hall–Kier alpha value is -4.91. The van der Waals surface area contributed by atoms with Crippen molar-refractivity contribution >= 4 is 40.1 Å². The molecule has 7 heteroatoms. The molecule has 0 saturated heterocycles. The number of ether oxygens (including phenoxy) is 1. The molecule has 7 nitrogen and oxygen atoms in total. The molecule has 2 N–H and O–H groups in total. The predicted octanol–water partition coefficient (Wildman–Crippen LogP) is 6.93. The number of esters is 1. The number of unbranched alkanes of at least 4 members (excludes halogenated alkanes) is 1. The molecule has 41 heavy (non-hydrogen) atoms. The number of carbonyl (C=O) groups is 3. The highest BCUT2D eigenvalue weighted by molar-refractivity contribution is 6.07. The van der Waals surface area contributed by atoms with Crippen LogP contribution in [-0.4, -0.2) is 36.0 Å². The minimum absolute atomic E-state index is 0.196. The monoisotopic (exact) mass is 547 g/mol. The number of fused-ring (bicyclic) bond motifs is 1. The Labute approximate surface area is 239 Å². The second-order valence-corrected chi connectivity index (χ2v) is 9.88. The van der Waals surface area contributed by atoms with Crippen molar-refractivity contribution in [1.82, 2.24) is 10.2 Å². The van der Waals surface area contributed by atoms with E-state index in [0.29, 0.717) is 34.6 Å². The Balaban J connectivity index is 1.54. The molecular weight excluding hydrogens is 514 g/mol. The van der Waals surface area contributed by atoms with Gasteiger partial charge in [0.1, 0.15) is 0 Å². The number of nitrogens with one attached hydrogen (secondary N) is 2. The number of urea groups is 1. The molecule has 4 aromatic rings. The van der Waals surface area contributed by atoms with Crippen molar-refractivity contribution in [3.63, 3.8) is 0 Å². The van der Waals surface area contributed by atoms with E-state index in [1.807, 2.05) is 72.8 Å². The Bertz CT molecular complexity index is 1610. The number of hydrogen-bond acceptors (Lipinski definition) is 4. The van der Waals surface area contributed by atoms with Gasteiger partial charge in [-0.05, 0) is 59.5 Å². The number of anilines is 1. The SMILES string of the molecule is CCCCN1C(=O)NC(c2cccc(NC(=O)c3ccc4ccccc4c3)c2)C(C(=O)OCC)=C1c1ccccc1. The average Bonchev–Trinajstić information content (AvgIpc) is 3.00. The fourth-order valence-corrected chi connectivity index (χ4v) is 5.10. The maximum absolute atomic E-state index is 13.5. The van der Waals surface area contributed by atoms with Crippen LogP contribution in [0.1, 0.15) is 54.2 Å². The molecule has 4 aromatic carbocycles. The number of amides is 3. The van der Waals surface area contributed by atoms with E-state index in [9.17, 15) is 14.4 Å². The van der Waals surface area contributed by atoms with Gasteiger partial charge >= 0.3 is 12.0 Å². The largest absolute Gasteiger partial charge is 0.463 e. The molecule has 0 bridgehead atoms. The minimum atomic E-state index is -0.771. The summed E-state index contributed by atoms with van der Waals surface area (Å²) in [5.41, 5.74) is 3.38. The van der Waals surface area contributed by atoms with Gasteiger partial charge in [0.15, 0.2) is 0 Å². The zero-order valence-corrected chi connectivity index (χ0v) is 23.2. The van der Waals surface area contributed by atoms with Gasteiger partial charge in [-0.3, -0.25) is 9.69 Å². The number of benzene rings is 4. The third-order valence-electron chi connectivity index (χ3n) is 7.09. The lowest BCUT2D eigenvalue weighted by molar-refractivity contribution is -0.138. The Morgan fingerprint density at radius 1 is 0.878 bits per heavy atom.